The minimum Gasteiger partial charge on any atom is -0.308 e. The van der Waals surface area contributed by atoms with Gasteiger partial charge in [-0.15, -0.1) is 0 Å². The van der Waals surface area contributed by atoms with Crippen molar-refractivity contribution in [3.63, 3.8) is 0 Å². The molecule has 0 spiro atoms. The molecule has 1 nitrogen and oxygen atoms in total. The summed E-state index contributed by atoms with van der Waals surface area (Å²) >= 11 is 0. The fourth-order valence-corrected chi connectivity index (χ4v) is 2.07. The molecule has 0 heterocycles. The van der Waals surface area contributed by atoms with E-state index in [1.165, 1.54) is 6.42 Å². The maximum atomic E-state index is 13.5. The zero-order chi connectivity index (χ0) is 13.7. The van der Waals surface area contributed by atoms with Crippen LogP contribution < -0.4 is 5.32 Å². The molecule has 0 amide bonds. The first kappa shape index (κ1) is 15.2. The lowest BCUT2D eigenvalue weighted by Crippen LogP contribution is -2.29. The summed E-state index contributed by atoms with van der Waals surface area (Å²) < 4.78 is 13.5. The molecule has 0 fully saturated rings. The van der Waals surface area contributed by atoms with Gasteiger partial charge in [0.05, 0.1) is 0 Å². The van der Waals surface area contributed by atoms with Crippen molar-refractivity contribution >= 4 is 0 Å². The lowest BCUT2D eigenvalue weighted by atomic mass is 10.0. The minimum atomic E-state index is -0.115. The molecule has 0 aliphatic carbocycles. The highest BCUT2D eigenvalue weighted by Crippen LogP contribution is 2.18. The minimum absolute atomic E-state index is 0.115. The van der Waals surface area contributed by atoms with Crippen LogP contribution in [0.25, 0.3) is 0 Å². The zero-order valence-electron chi connectivity index (χ0n) is 12.3. The van der Waals surface area contributed by atoms with Crippen molar-refractivity contribution in [3.8, 4) is 0 Å². The second-order valence-corrected chi connectivity index (χ2v) is 5.77. The van der Waals surface area contributed by atoms with E-state index in [-0.39, 0.29) is 11.9 Å². The van der Waals surface area contributed by atoms with Crippen LogP contribution in [0.4, 0.5) is 4.39 Å². The Morgan fingerprint density at radius 3 is 2.33 bits per heavy atom. The monoisotopic (exact) mass is 251 g/mol. The van der Waals surface area contributed by atoms with Gasteiger partial charge >= 0.3 is 0 Å². The number of hydrogen-bond acceptors (Lipinski definition) is 1. The lowest BCUT2D eigenvalue weighted by molar-refractivity contribution is 0.416. The number of nitrogens with one attached hydrogen (secondary N) is 1. The van der Waals surface area contributed by atoms with Crippen molar-refractivity contribution in [2.24, 2.45) is 5.92 Å². The molecule has 1 N–H and O–H groups in total. The average molecular weight is 251 g/mol. The Kier molecular flexibility index (Phi) is 5.80. The standard InChI is InChI=1S/C16H26FN/c1-11(2)6-8-13(4)18-14(5)15-9-7-12(3)16(17)10-15/h7,9-11,13-14,18H,6,8H2,1-5H3. The molecule has 1 rings (SSSR count). The highest BCUT2D eigenvalue weighted by atomic mass is 19.1. The molecule has 1 aromatic carbocycles. The molecule has 0 saturated carbocycles. The third-order valence-electron chi connectivity index (χ3n) is 3.41. The first-order valence-electron chi connectivity index (χ1n) is 6.92. The number of halogens is 1. The Labute approximate surface area is 111 Å². The van der Waals surface area contributed by atoms with Crippen molar-refractivity contribution in [1.82, 2.24) is 5.32 Å². The first-order chi connectivity index (χ1) is 8.40. The summed E-state index contributed by atoms with van der Waals surface area (Å²) in [7, 11) is 0. The Morgan fingerprint density at radius 1 is 1.11 bits per heavy atom. The first-order valence-corrected chi connectivity index (χ1v) is 6.92. The van der Waals surface area contributed by atoms with Crippen molar-refractivity contribution < 1.29 is 4.39 Å². The van der Waals surface area contributed by atoms with Gasteiger partial charge in [-0.3, -0.25) is 0 Å². The Balaban J connectivity index is 2.53. The highest BCUT2D eigenvalue weighted by Gasteiger charge is 2.11. The predicted octanol–water partition coefficient (Wildman–Crippen LogP) is 4.61. The molecule has 1 aromatic rings. The summed E-state index contributed by atoms with van der Waals surface area (Å²) in [5.74, 6) is 0.623. The van der Waals surface area contributed by atoms with Gasteiger partial charge in [0.1, 0.15) is 5.82 Å². The number of rotatable bonds is 6. The van der Waals surface area contributed by atoms with E-state index in [1.807, 2.05) is 12.1 Å². The zero-order valence-corrected chi connectivity index (χ0v) is 12.3. The number of aryl methyl sites for hydroxylation is 1. The predicted molar refractivity (Wildman–Crippen MR) is 76.2 cm³/mol. The van der Waals surface area contributed by atoms with Gasteiger partial charge in [0.15, 0.2) is 0 Å². The summed E-state index contributed by atoms with van der Waals surface area (Å²) in [6.45, 7) is 10.6. The second-order valence-electron chi connectivity index (χ2n) is 5.77. The summed E-state index contributed by atoms with van der Waals surface area (Å²) in [6.07, 6.45) is 2.39. The summed E-state index contributed by atoms with van der Waals surface area (Å²) in [4.78, 5) is 0. The molecule has 0 bridgehead atoms. The quantitative estimate of drug-likeness (QED) is 0.778. The molecular formula is C16H26FN. The molecule has 0 radical (unpaired) electrons. The average Bonchev–Trinajstić information content (AvgIpc) is 2.30. The molecule has 0 saturated heterocycles. The van der Waals surface area contributed by atoms with E-state index in [9.17, 15) is 4.39 Å². The van der Waals surface area contributed by atoms with Crippen molar-refractivity contribution in [1.29, 1.82) is 0 Å². The van der Waals surface area contributed by atoms with Crippen LogP contribution in [0.2, 0.25) is 0 Å². The van der Waals surface area contributed by atoms with Gasteiger partial charge in [0.2, 0.25) is 0 Å². The smallest absolute Gasteiger partial charge is 0.126 e. The van der Waals surface area contributed by atoms with Crippen LogP contribution in [-0.2, 0) is 0 Å². The Morgan fingerprint density at radius 2 is 1.78 bits per heavy atom. The SMILES string of the molecule is Cc1ccc(C(C)NC(C)CCC(C)C)cc1F. The summed E-state index contributed by atoms with van der Waals surface area (Å²) in [6, 6.07) is 6.16. The van der Waals surface area contributed by atoms with E-state index in [2.05, 4.69) is 33.0 Å². The molecule has 2 atom stereocenters. The molecule has 102 valence electrons. The lowest BCUT2D eigenvalue weighted by Gasteiger charge is -2.21. The van der Waals surface area contributed by atoms with Crippen LogP contribution >= 0.6 is 0 Å². The van der Waals surface area contributed by atoms with Crippen molar-refractivity contribution in [2.75, 3.05) is 0 Å². The normalized spacial score (nSPS) is 14.8. The van der Waals surface area contributed by atoms with E-state index >= 15 is 0 Å². The second kappa shape index (κ2) is 6.89. The fourth-order valence-electron chi connectivity index (χ4n) is 2.07. The molecule has 2 heteroatoms. The van der Waals surface area contributed by atoms with Gasteiger partial charge in [-0.25, -0.2) is 4.39 Å². The van der Waals surface area contributed by atoms with Gasteiger partial charge in [-0.2, -0.15) is 0 Å². The van der Waals surface area contributed by atoms with E-state index in [0.717, 1.165) is 17.9 Å². The van der Waals surface area contributed by atoms with Crippen LogP contribution in [0.3, 0.4) is 0 Å². The van der Waals surface area contributed by atoms with Gasteiger partial charge in [0, 0.05) is 12.1 Å². The summed E-state index contributed by atoms with van der Waals surface area (Å²) in [5.41, 5.74) is 1.73. The van der Waals surface area contributed by atoms with Crippen LogP contribution in [0.1, 0.15) is 57.7 Å². The Bertz CT molecular complexity index is 373. The number of benzene rings is 1. The molecule has 18 heavy (non-hydrogen) atoms. The van der Waals surface area contributed by atoms with E-state index in [4.69, 9.17) is 0 Å². The Hall–Kier alpha value is -0.890. The van der Waals surface area contributed by atoms with Gasteiger partial charge in [-0.1, -0.05) is 26.0 Å². The maximum Gasteiger partial charge on any atom is 0.126 e. The van der Waals surface area contributed by atoms with Crippen LogP contribution in [-0.4, -0.2) is 6.04 Å². The van der Waals surface area contributed by atoms with Gasteiger partial charge < -0.3 is 5.32 Å². The van der Waals surface area contributed by atoms with E-state index in [0.29, 0.717) is 11.6 Å². The van der Waals surface area contributed by atoms with Crippen LogP contribution in [0.5, 0.6) is 0 Å². The largest absolute Gasteiger partial charge is 0.308 e. The van der Waals surface area contributed by atoms with Crippen molar-refractivity contribution in [2.45, 2.75) is 59.5 Å². The third kappa shape index (κ3) is 4.77. The number of hydrogen-bond donors (Lipinski definition) is 1. The van der Waals surface area contributed by atoms with Gasteiger partial charge in [0.25, 0.3) is 0 Å². The van der Waals surface area contributed by atoms with Crippen molar-refractivity contribution in [3.05, 3.63) is 35.1 Å². The molecular weight excluding hydrogens is 225 g/mol. The fraction of sp³-hybridized carbons (Fsp3) is 0.625. The molecule has 2 unspecified atom stereocenters. The molecule has 0 aliphatic heterocycles. The van der Waals surface area contributed by atoms with E-state index < -0.39 is 0 Å². The van der Waals surface area contributed by atoms with Crippen LogP contribution in [0, 0.1) is 18.7 Å². The molecule has 0 aromatic heterocycles. The van der Waals surface area contributed by atoms with Gasteiger partial charge in [-0.05, 0) is 56.7 Å². The van der Waals surface area contributed by atoms with E-state index in [1.54, 1.807) is 13.0 Å². The third-order valence-corrected chi connectivity index (χ3v) is 3.41. The summed E-state index contributed by atoms with van der Waals surface area (Å²) in [5, 5.41) is 3.53. The van der Waals surface area contributed by atoms with Crippen LogP contribution in [0.15, 0.2) is 18.2 Å². The highest BCUT2D eigenvalue weighted by molar-refractivity contribution is 5.25. The topological polar surface area (TPSA) is 12.0 Å². The maximum absolute atomic E-state index is 13.5. The molecule has 0 aliphatic rings.